The Labute approximate surface area is 157 Å². The number of halogens is 1. The minimum atomic E-state index is -0.707. The van der Waals surface area contributed by atoms with Gasteiger partial charge in [-0.05, 0) is 53.9 Å². The van der Waals surface area contributed by atoms with Gasteiger partial charge in [-0.2, -0.15) is 0 Å². The van der Waals surface area contributed by atoms with Crippen molar-refractivity contribution in [1.82, 2.24) is 0 Å². The first-order valence-electron chi connectivity index (χ1n) is 8.17. The quantitative estimate of drug-likeness (QED) is 0.362. The number of nitrogens with two attached hydrogens (primary N) is 1. The number of rotatable bonds is 9. The molecule has 0 bridgehead atoms. The number of allylic oxidation sites excluding steroid dienone is 1. The van der Waals surface area contributed by atoms with Gasteiger partial charge in [0.2, 0.25) is 0 Å². The van der Waals surface area contributed by atoms with E-state index in [4.69, 9.17) is 15.2 Å². The lowest BCUT2D eigenvalue weighted by Crippen LogP contribution is -2.30. The van der Waals surface area contributed by atoms with E-state index in [0.29, 0.717) is 29.8 Å². The van der Waals surface area contributed by atoms with Crippen LogP contribution in [0.5, 0.6) is 5.75 Å². The molecule has 6 heteroatoms. The molecule has 0 aliphatic heterocycles. The molecule has 5 nitrogen and oxygen atoms in total. The van der Waals surface area contributed by atoms with Gasteiger partial charge in [-0.25, -0.2) is 0 Å². The van der Waals surface area contributed by atoms with Gasteiger partial charge in [0.15, 0.2) is 0 Å². The van der Waals surface area contributed by atoms with Gasteiger partial charge in [0, 0.05) is 12.1 Å². The fourth-order valence-corrected chi connectivity index (χ4v) is 2.62. The van der Waals surface area contributed by atoms with Crippen LogP contribution in [0.1, 0.15) is 38.3 Å². The van der Waals surface area contributed by atoms with Crippen LogP contribution in [0.4, 0.5) is 0 Å². The summed E-state index contributed by atoms with van der Waals surface area (Å²) in [7, 11) is 0. The molecule has 25 heavy (non-hydrogen) atoms. The summed E-state index contributed by atoms with van der Waals surface area (Å²) in [5, 5.41) is 9.52. The maximum absolute atomic E-state index is 11.9. The Bertz CT molecular complexity index is 657. The van der Waals surface area contributed by atoms with Crippen LogP contribution in [0.3, 0.4) is 0 Å². The molecule has 1 atom stereocenters. The van der Waals surface area contributed by atoms with Crippen molar-refractivity contribution in [1.29, 1.82) is 0 Å². The zero-order valence-corrected chi connectivity index (χ0v) is 16.6. The van der Waals surface area contributed by atoms with Crippen molar-refractivity contribution in [3.05, 3.63) is 52.2 Å². The molecule has 1 unspecified atom stereocenters. The number of carbonyl (C=O) groups excluding carboxylic acids is 1. The Balaban J connectivity index is 3.21. The molecule has 0 spiro atoms. The zero-order chi connectivity index (χ0) is 19.0. The first-order chi connectivity index (χ1) is 11.7. The number of hydrogen-bond donors (Lipinski definition) is 2. The van der Waals surface area contributed by atoms with E-state index in [1.54, 1.807) is 13.0 Å². The maximum atomic E-state index is 11.9. The first kappa shape index (κ1) is 21.3. The van der Waals surface area contributed by atoms with E-state index in [1.165, 1.54) is 0 Å². The Hall–Kier alpha value is -1.79. The number of ether oxygens (including phenoxy) is 2. The lowest BCUT2D eigenvalue weighted by atomic mass is 10.0. The number of aliphatic hydroxyl groups is 1. The number of carbonyl (C=O) groups is 1. The van der Waals surface area contributed by atoms with Crippen molar-refractivity contribution < 1.29 is 19.4 Å². The predicted molar refractivity (Wildman–Crippen MR) is 103 cm³/mol. The van der Waals surface area contributed by atoms with Crippen molar-refractivity contribution in [3.63, 3.8) is 0 Å². The molecule has 0 aliphatic carbocycles. The van der Waals surface area contributed by atoms with Crippen LogP contribution < -0.4 is 10.5 Å². The average Bonchev–Trinajstić information content (AvgIpc) is 2.56. The van der Waals surface area contributed by atoms with Gasteiger partial charge in [-0.3, -0.25) is 4.79 Å². The zero-order valence-electron chi connectivity index (χ0n) is 15.0. The van der Waals surface area contributed by atoms with Crippen molar-refractivity contribution in [3.8, 4) is 5.75 Å². The van der Waals surface area contributed by atoms with Crippen molar-refractivity contribution in [2.45, 2.75) is 45.8 Å². The Morgan fingerprint density at radius 2 is 2.12 bits per heavy atom. The fourth-order valence-electron chi connectivity index (χ4n) is 2.14. The molecule has 1 rings (SSSR count). The molecule has 0 aliphatic rings. The summed E-state index contributed by atoms with van der Waals surface area (Å²) in [6.45, 7) is 9.81. The van der Waals surface area contributed by atoms with Gasteiger partial charge in [0.1, 0.15) is 17.1 Å². The van der Waals surface area contributed by atoms with Crippen LogP contribution in [-0.4, -0.2) is 23.3 Å². The second-order valence-electron chi connectivity index (χ2n) is 5.84. The summed E-state index contributed by atoms with van der Waals surface area (Å²) in [5.74, 6) is 0.178. The van der Waals surface area contributed by atoms with Gasteiger partial charge < -0.3 is 20.3 Å². The molecule has 0 fully saturated rings. The second kappa shape index (κ2) is 9.63. The van der Waals surface area contributed by atoms with E-state index >= 15 is 0 Å². The van der Waals surface area contributed by atoms with Crippen LogP contribution in [0.25, 0.3) is 0 Å². The lowest BCUT2D eigenvalue weighted by Gasteiger charge is -2.28. The molecule has 138 valence electrons. The van der Waals surface area contributed by atoms with Crippen molar-refractivity contribution in [2.24, 2.45) is 5.73 Å². The third-order valence-electron chi connectivity index (χ3n) is 3.76. The highest BCUT2D eigenvalue weighted by Gasteiger charge is 2.24. The van der Waals surface area contributed by atoms with Gasteiger partial charge >= 0.3 is 5.97 Å². The smallest absolute Gasteiger partial charge is 0.310 e. The summed E-state index contributed by atoms with van der Waals surface area (Å²) in [5.41, 5.74) is 6.64. The van der Waals surface area contributed by atoms with Gasteiger partial charge in [-0.15, -0.1) is 0 Å². The third kappa shape index (κ3) is 6.55. The summed E-state index contributed by atoms with van der Waals surface area (Å²) >= 11 is 3.28. The highest BCUT2D eigenvalue weighted by Crippen LogP contribution is 2.30. The Morgan fingerprint density at radius 1 is 1.44 bits per heavy atom. The number of esters is 1. The molecule has 0 saturated carbocycles. The average molecular weight is 412 g/mol. The second-order valence-corrected chi connectivity index (χ2v) is 6.69. The molecule has 0 aromatic heterocycles. The largest absolute Gasteiger partial charge is 0.507 e. The van der Waals surface area contributed by atoms with E-state index < -0.39 is 5.60 Å². The Morgan fingerprint density at radius 3 is 2.64 bits per heavy atom. The SMILES string of the molecule is C=C(O)/C(Br)=C\C(C)(CC)Oc1cc(CN)ccc1CC(=O)OCC. The molecular weight excluding hydrogens is 386 g/mol. The van der Waals surface area contributed by atoms with Gasteiger partial charge in [0.05, 0.1) is 17.5 Å². The standard InChI is InChI=1S/C19H26BrNO4/c1-5-19(4,11-16(20)13(3)22)25-17-9-14(12-21)7-8-15(17)10-18(23)24-6-2/h7-9,11,22H,3,5-6,10,12,21H2,1-2,4H3/b16-11+. The van der Waals surface area contributed by atoms with E-state index in [-0.39, 0.29) is 18.1 Å². The summed E-state index contributed by atoms with van der Waals surface area (Å²) in [6.07, 6.45) is 2.51. The third-order valence-corrected chi connectivity index (χ3v) is 4.45. The number of aliphatic hydroxyl groups excluding tert-OH is 1. The summed E-state index contributed by atoms with van der Waals surface area (Å²) in [6, 6.07) is 5.53. The number of hydrogen-bond acceptors (Lipinski definition) is 5. The van der Waals surface area contributed by atoms with Crippen LogP contribution in [-0.2, 0) is 22.5 Å². The van der Waals surface area contributed by atoms with E-state index in [9.17, 15) is 9.90 Å². The minimum Gasteiger partial charge on any atom is -0.507 e. The highest BCUT2D eigenvalue weighted by molar-refractivity contribution is 9.11. The van der Waals surface area contributed by atoms with E-state index in [1.807, 2.05) is 32.0 Å². The van der Waals surface area contributed by atoms with E-state index in [0.717, 1.165) is 11.1 Å². The van der Waals surface area contributed by atoms with Gasteiger partial charge in [0.25, 0.3) is 0 Å². The molecule has 0 radical (unpaired) electrons. The topological polar surface area (TPSA) is 81.8 Å². The molecule has 0 heterocycles. The van der Waals surface area contributed by atoms with Crippen molar-refractivity contribution in [2.75, 3.05) is 6.61 Å². The van der Waals surface area contributed by atoms with Crippen LogP contribution >= 0.6 is 15.9 Å². The Kier molecular flexibility index (Phi) is 8.19. The van der Waals surface area contributed by atoms with E-state index in [2.05, 4.69) is 22.5 Å². The number of benzene rings is 1. The molecule has 0 amide bonds. The van der Waals surface area contributed by atoms with Gasteiger partial charge in [-0.1, -0.05) is 25.6 Å². The maximum Gasteiger partial charge on any atom is 0.310 e. The van der Waals surface area contributed by atoms with Crippen LogP contribution in [0.15, 0.2) is 41.1 Å². The molecular formula is C19H26BrNO4. The predicted octanol–water partition coefficient (Wildman–Crippen LogP) is 4.15. The monoisotopic (exact) mass is 411 g/mol. The summed E-state index contributed by atoms with van der Waals surface area (Å²) < 4.78 is 11.7. The molecule has 0 saturated heterocycles. The molecule has 1 aromatic carbocycles. The molecule has 1 aromatic rings. The minimum absolute atomic E-state index is 0.0780. The molecule has 3 N–H and O–H groups in total. The lowest BCUT2D eigenvalue weighted by molar-refractivity contribution is -0.142. The first-order valence-corrected chi connectivity index (χ1v) is 8.97. The van der Waals surface area contributed by atoms with Crippen LogP contribution in [0.2, 0.25) is 0 Å². The normalized spacial score (nSPS) is 13.9. The highest BCUT2D eigenvalue weighted by atomic mass is 79.9. The van der Waals surface area contributed by atoms with Crippen LogP contribution in [0, 0.1) is 0 Å². The fraction of sp³-hybridized carbons (Fsp3) is 0.421. The summed E-state index contributed by atoms with van der Waals surface area (Å²) in [4.78, 5) is 11.9. The van der Waals surface area contributed by atoms with Crippen molar-refractivity contribution >= 4 is 21.9 Å².